The zero-order chi connectivity index (χ0) is 17.0. The summed E-state index contributed by atoms with van der Waals surface area (Å²) in [5.41, 5.74) is 0.176. The predicted octanol–water partition coefficient (Wildman–Crippen LogP) is 1.15. The number of aliphatic carboxylic acids is 1. The minimum Gasteiger partial charge on any atom is -0.478 e. The molecule has 0 amide bonds. The van der Waals surface area contributed by atoms with E-state index >= 15 is 0 Å². The zero-order valence-electron chi connectivity index (χ0n) is 12.8. The average molecular weight is 302 g/mol. The Morgan fingerprint density at radius 2 is 1.62 bits per heavy atom. The summed E-state index contributed by atoms with van der Waals surface area (Å²) in [5, 5.41) is 7.89. The van der Waals surface area contributed by atoms with Gasteiger partial charge in [0.2, 0.25) is 0 Å². The number of Topliss-reactive ketones (excluding diaryl/α,β-unsaturated/α-hetero) is 2. The lowest BCUT2D eigenvalue weighted by molar-refractivity contribution is -0.149. The third-order valence-electron chi connectivity index (χ3n) is 1.95. The van der Waals surface area contributed by atoms with Gasteiger partial charge in [0.1, 0.15) is 12.4 Å². The van der Waals surface area contributed by atoms with Crippen LogP contribution in [0.2, 0.25) is 0 Å². The van der Waals surface area contributed by atoms with Crippen molar-refractivity contribution in [2.75, 3.05) is 13.2 Å². The van der Waals surface area contributed by atoms with E-state index in [9.17, 15) is 19.2 Å². The molecule has 0 aliphatic heterocycles. The molecular weight excluding hydrogens is 280 g/mol. The summed E-state index contributed by atoms with van der Waals surface area (Å²) in [5.74, 6) is -2.00. The third kappa shape index (κ3) is 14.2. The van der Waals surface area contributed by atoms with Crippen LogP contribution in [0, 0.1) is 0 Å². The highest BCUT2D eigenvalue weighted by Gasteiger charge is 2.21. The first kappa shape index (κ1) is 21.3. The van der Waals surface area contributed by atoms with Gasteiger partial charge in [-0.1, -0.05) is 6.58 Å². The number of ketones is 2. The minimum absolute atomic E-state index is 0.130. The first-order valence-corrected chi connectivity index (χ1v) is 6.27. The first-order chi connectivity index (χ1) is 9.61. The maximum absolute atomic E-state index is 11.4. The van der Waals surface area contributed by atoms with E-state index in [-0.39, 0.29) is 30.2 Å². The van der Waals surface area contributed by atoms with Gasteiger partial charge in [0, 0.05) is 19.1 Å². The number of esters is 1. The van der Waals surface area contributed by atoms with Crippen LogP contribution in [-0.4, -0.2) is 47.9 Å². The second kappa shape index (κ2) is 11.8. The third-order valence-corrected chi connectivity index (χ3v) is 1.95. The van der Waals surface area contributed by atoms with Crippen LogP contribution < -0.4 is 0 Å². The van der Waals surface area contributed by atoms with Gasteiger partial charge in [0.15, 0.2) is 11.9 Å². The van der Waals surface area contributed by atoms with Crippen LogP contribution >= 0.6 is 0 Å². The number of ether oxygens (including phenoxy) is 2. The summed E-state index contributed by atoms with van der Waals surface area (Å²) >= 11 is 0. The summed E-state index contributed by atoms with van der Waals surface area (Å²) in [6.07, 6.45) is -1.02. The Bertz CT molecular complexity index is 386. The minimum atomic E-state index is -0.935. The number of carbonyl (C=O) groups is 4. The van der Waals surface area contributed by atoms with Gasteiger partial charge >= 0.3 is 11.9 Å². The molecule has 120 valence electrons. The smallest absolute Gasteiger partial charge is 0.330 e. The lowest BCUT2D eigenvalue weighted by atomic mass is 10.1. The summed E-state index contributed by atoms with van der Waals surface area (Å²) < 4.78 is 9.74. The van der Waals surface area contributed by atoms with Gasteiger partial charge in [-0.15, -0.1) is 0 Å². The van der Waals surface area contributed by atoms with Crippen molar-refractivity contribution in [3.8, 4) is 0 Å². The zero-order valence-corrected chi connectivity index (χ0v) is 12.8. The van der Waals surface area contributed by atoms with Crippen LogP contribution in [-0.2, 0) is 28.7 Å². The quantitative estimate of drug-likeness (QED) is 0.407. The lowest BCUT2D eigenvalue weighted by Crippen LogP contribution is -2.31. The van der Waals surface area contributed by atoms with Gasteiger partial charge in [-0.05, 0) is 20.8 Å². The Hall–Kier alpha value is -2.02. The molecule has 0 aromatic rings. The molecule has 0 rings (SSSR count). The fourth-order valence-electron chi connectivity index (χ4n) is 0.987. The highest BCUT2D eigenvalue weighted by Crippen LogP contribution is 2.00. The van der Waals surface area contributed by atoms with Crippen LogP contribution in [0.3, 0.4) is 0 Å². The first-order valence-electron chi connectivity index (χ1n) is 6.27. The van der Waals surface area contributed by atoms with Crippen LogP contribution in [0.15, 0.2) is 12.2 Å². The second-order valence-corrected chi connectivity index (χ2v) is 4.18. The number of hydrogen-bond donors (Lipinski definition) is 1. The molecular formula is C14H22O7. The van der Waals surface area contributed by atoms with Crippen molar-refractivity contribution in [2.45, 2.75) is 40.2 Å². The highest BCUT2D eigenvalue weighted by atomic mass is 16.6. The molecule has 0 aromatic heterocycles. The van der Waals surface area contributed by atoms with Crippen molar-refractivity contribution in [3.05, 3.63) is 12.2 Å². The van der Waals surface area contributed by atoms with Crippen LogP contribution in [0.5, 0.6) is 0 Å². The van der Waals surface area contributed by atoms with Crippen molar-refractivity contribution in [2.24, 2.45) is 0 Å². The number of carbonyl (C=O) groups excluding carboxylic acids is 3. The van der Waals surface area contributed by atoms with Crippen molar-refractivity contribution >= 4 is 23.5 Å². The molecule has 1 N–H and O–H groups in total. The average Bonchev–Trinajstić information content (AvgIpc) is 2.33. The molecule has 0 aliphatic carbocycles. The van der Waals surface area contributed by atoms with Crippen LogP contribution in [0.4, 0.5) is 0 Å². The van der Waals surface area contributed by atoms with Gasteiger partial charge in [0.05, 0.1) is 6.42 Å². The number of hydrogen-bond acceptors (Lipinski definition) is 6. The molecule has 7 heteroatoms. The molecule has 0 aliphatic rings. The lowest BCUT2D eigenvalue weighted by Gasteiger charge is -2.14. The SMILES string of the molecule is C=C(C)C(=O)O.CCOC(COC(C)=O)C(=O)CC(C)=O. The molecule has 0 saturated carbocycles. The fraction of sp³-hybridized carbons (Fsp3) is 0.571. The van der Waals surface area contributed by atoms with Gasteiger partial charge in [0.25, 0.3) is 0 Å². The van der Waals surface area contributed by atoms with E-state index in [1.54, 1.807) is 6.92 Å². The molecule has 7 nitrogen and oxygen atoms in total. The van der Waals surface area contributed by atoms with E-state index in [0.717, 1.165) is 0 Å². The largest absolute Gasteiger partial charge is 0.478 e. The van der Waals surface area contributed by atoms with Gasteiger partial charge in [-0.2, -0.15) is 0 Å². The summed E-state index contributed by atoms with van der Waals surface area (Å²) in [6.45, 7) is 9.10. The van der Waals surface area contributed by atoms with E-state index in [4.69, 9.17) is 9.84 Å². The van der Waals surface area contributed by atoms with Crippen LogP contribution in [0.25, 0.3) is 0 Å². The molecule has 0 heterocycles. The molecule has 0 fully saturated rings. The predicted molar refractivity (Wildman–Crippen MR) is 74.8 cm³/mol. The van der Waals surface area contributed by atoms with Crippen molar-refractivity contribution in [1.29, 1.82) is 0 Å². The molecule has 0 aromatic carbocycles. The van der Waals surface area contributed by atoms with Gasteiger partial charge in [-0.25, -0.2) is 4.79 Å². The van der Waals surface area contributed by atoms with Crippen LogP contribution in [0.1, 0.15) is 34.1 Å². The number of rotatable bonds is 8. The molecule has 0 radical (unpaired) electrons. The number of carboxylic acids is 1. The normalized spacial score (nSPS) is 10.7. The summed E-state index contributed by atoms with van der Waals surface area (Å²) in [7, 11) is 0. The van der Waals surface area contributed by atoms with E-state index in [1.165, 1.54) is 20.8 Å². The van der Waals surface area contributed by atoms with Crippen molar-refractivity contribution in [3.63, 3.8) is 0 Å². The number of carboxylic acid groups (broad SMARTS) is 1. The van der Waals surface area contributed by atoms with E-state index < -0.39 is 18.0 Å². The summed E-state index contributed by atoms with van der Waals surface area (Å²) in [4.78, 5) is 42.3. The Morgan fingerprint density at radius 3 is 1.90 bits per heavy atom. The fourth-order valence-corrected chi connectivity index (χ4v) is 0.987. The Balaban J connectivity index is 0. The molecule has 0 bridgehead atoms. The Kier molecular flexibility index (Phi) is 11.9. The van der Waals surface area contributed by atoms with Gasteiger partial charge < -0.3 is 14.6 Å². The molecule has 0 saturated heterocycles. The van der Waals surface area contributed by atoms with E-state index in [1.807, 2.05) is 0 Å². The summed E-state index contributed by atoms with van der Waals surface area (Å²) in [6, 6.07) is 0. The highest BCUT2D eigenvalue weighted by molar-refractivity contribution is 6.00. The second-order valence-electron chi connectivity index (χ2n) is 4.18. The Morgan fingerprint density at radius 1 is 1.14 bits per heavy atom. The molecule has 1 unspecified atom stereocenters. The monoisotopic (exact) mass is 302 g/mol. The maximum Gasteiger partial charge on any atom is 0.330 e. The van der Waals surface area contributed by atoms with Crippen molar-refractivity contribution in [1.82, 2.24) is 0 Å². The standard InChI is InChI=1S/C10H16O5.C4H6O2/c1-4-14-10(6-15-8(3)12)9(13)5-7(2)11;1-3(2)4(5)6/h10H,4-6H2,1-3H3;1H2,2H3,(H,5,6). The Labute approximate surface area is 123 Å². The molecule has 0 spiro atoms. The van der Waals surface area contributed by atoms with Crippen molar-refractivity contribution < 1.29 is 33.8 Å². The molecule has 21 heavy (non-hydrogen) atoms. The topological polar surface area (TPSA) is 107 Å². The van der Waals surface area contributed by atoms with E-state index in [0.29, 0.717) is 6.61 Å². The van der Waals surface area contributed by atoms with Gasteiger partial charge in [-0.3, -0.25) is 14.4 Å². The maximum atomic E-state index is 11.4. The molecule has 1 atom stereocenters. The van der Waals surface area contributed by atoms with E-state index in [2.05, 4.69) is 11.3 Å².